The van der Waals surface area contributed by atoms with E-state index in [4.69, 9.17) is 16.3 Å². The minimum absolute atomic E-state index is 0.00574. The number of hydrogen-bond donors (Lipinski definition) is 1. The van der Waals surface area contributed by atoms with Gasteiger partial charge in [-0.3, -0.25) is 0 Å². The normalized spacial score (nSPS) is 10.9. The molecule has 0 saturated carbocycles. The van der Waals surface area contributed by atoms with Crippen LogP contribution in [0.4, 0.5) is 17.6 Å². The summed E-state index contributed by atoms with van der Waals surface area (Å²) in [5.74, 6) is -4.53. The van der Waals surface area contributed by atoms with Gasteiger partial charge in [-0.1, -0.05) is 0 Å². The molecule has 6 nitrogen and oxygen atoms in total. The lowest BCUT2D eigenvalue weighted by Gasteiger charge is -2.11. The molecule has 4 aromatic rings. The molecule has 192 valence electrons. The number of benzene rings is 4. The molecule has 4 aromatic carbocycles. The molecule has 0 heterocycles. The zero-order valence-electron chi connectivity index (χ0n) is 20.4. The Morgan fingerprint density at radius 1 is 0.488 bits per heavy atom. The lowest BCUT2D eigenvalue weighted by molar-refractivity contribution is 0.577. The van der Waals surface area contributed by atoms with Gasteiger partial charge in [-0.2, -0.15) is 26.3 Å². The van der Waals surface area contributed by atoms with Gasteiger partial charge in [0.25, 0.3) is 0 Å². The van der Waals surface area contributed by atoms with E-state index in [1.807, 2.05) is 18.2 Å². The molecule has 0 saturated heterocycles. The fourth-order valence-electron chi connectivity index (χ4n) is 4.88. The third-order valence-electron chi connectivity index (χ3n) is 6.70. The van der Waals surface area contributed by atoms with E-state index in [0.29, 0.717) is 22.3 Å². The van der Waals surface area contributed by atoms with Gasteiger partial charge < -0.3 is 5.73 Å². The minimum Gasteiger partial charge on any atom is -0.390 e. The van der Waals surface area contributed by atoms with Crippen molar-refractivity contribution in [1.82, 2.24) is 0 Å². The van der Waals surface area contributed by atoms with Crippen LogP contribution in [0.3, 0.4) is 0 Å². The van der Waals surface area contributed by atoms with E-state index in [1.165, 1.54) is 36.4 Å². The molecule has 41 heavy (non-hydrogen) atoms. The first-order chi connectivity index (χ1) is 19.7. The van der Waals surface area contributed by atoms with Crippen LogP contribution in [0.5, 0.6) is 0 Å². The summed E-state index contributed by atoms with van der Waals surface area (Å²) in [6, 6.07) is 17.9. The summed E-state index contributed by atoms with van der Waals surface area (Å²) in [7, 11) is 0. The Kier molecular flexibility index (Phi) is 6.21. The Morgan fingerprint density at radius 3 is 1.15 bits per heavy atom. The van der Waals surface area contributed by atoms with Crippen molar-refractivity contribution in [3.8, 4) is 63.7 Å². The topological polar surface area (TPSA) is 145 Å². The second-order valence-corrected chi connectivity index (χ2v) is 8.86. The second kappa shape index (κ2) is 9.72. The predicted octanol–water partition coefficient (Wildman–Crippen LogP) is 6.29. The maximum atomic E-state index is 14.5. The van der Waals surface area contributed by atoms with Crippen LogP contribution in [-0.2, 0) is 0 Å². The Morgan fingerprint density at radius 2 is 0.854 bits per heavy atom. The van der Waals surface area contributed by atoms with Gasteiger partial charge in [0.2, 0.25) is 0 Å². The van der Waals surface area contributed by atoms with Gasteiger partial charge in [-0.25, -0.2) is 17.6 Å². The molecule has 5 rings (SSSR count). The van der Waals surface area contributed by atoms with Crippen molar-refractivity contribution < 1.29 is 17.6 Å². The molecule has 0 unspecified atom stereocenters. The maximum Gasteiger partial charge on any atom is 0.144 e. The molecule has 0 fully saturated rings. The number of hydrogen-bond acceptors (Lipinski definition) is 6. The van der Waals surface area contributed by atoms with Crippen LogP contribution in [0.15, 0.2) is 54.2 Å². The van der Waals surface area contributed by atoms with Gasteiger partial charge in [0, 0.05) is 16.7 Å². The summed E-state index contributed by atoms with van der Waals surface area (Å²) >= 11 is 0. The summed E-state index contributed by atoms with van der Waals surface area (Å²) in [4.78, 5) is 0. The number of allylic oxidation sites excluding steroid dienone is 1. The molecule has 0 spiro atoms. The van der Waals surface area contributed by atoms with Crippen LogP contribution < -0.4 is 5.73 Å². The number of halogens is 4. The van der Waals surface area contributed by atoms with Gasteiger partial charge in [0.05, 0.1) is 23.3 Å². The quantitative estimate of drug-likeness (QED) is 0.205. The van der Waals surface area contributed by atoms with Crippen LogP contribution >= 0.6 is 0 Å². The van der Waals surface area contributed by atoms with E-state index in [-0.39, 0.29) is 44.7 Å². The van der Waals surface area contributed by atoms with Crippen molar-refractivity contribution in [3.63, 3.8) is 0 Å². The van der Waals surface area contributed by atoms with Gasteiger partial charge in [-0.15, -0.1) is 0 Å². The average Bonchev–Trinajstić information content (AvgIpc) is 3.27. The lowest BCUT2D eigenvalue weighted by Crippen LogP contribution is -2.00. The SMILES string of the molecule is N#CC(N)=C1c2cc(-c3cc(F)c(C#N)c(F)c3)c(C#N)cc2-c2cc(C#N)c(-c3cc(F)c(C#N)c(F)c3)cc21. The molecule has 0 atom stereocenters. The number of nitriles is 5. The molecule has 0 bridgehead atoms. The van der Waals surface area contributed by atoms with Crippen molar-refractivity contribution in [2.75, 3.05) is 0 Å². The molecule has 10 heteroatoms. The Labute approximate surface area is 229 Å². The summed E-state index contributed by atoms with van der Waals surface area (Å²) in [5.41, 5.74) is 5.81. The third kappa shape index (κ3) is 4.00. The first-order valence-corrected chi connectivity index (χ1v) is 11.5. The zero-order chi connectivity index (χ0) is 29.6. The average molecular weight is 542 g/mol. The van der Waals surface area contributed by atoms with Crippen LogP contribution in [0.25, 0.3) is 39.0 Å². The highest BCUT2D eigenvalue weighted by Crippen LogP contribution is 2.49. The highest BCUT2D eigenvalue weighted by atomic mass is 19.1. The van der Waals surface area contributed by atoms with Crippen molar-refractivity contribution in [1.29, 1.82) is 26.3 Å². The van der Waals surface area contributed by atoms with E-state index < -0.39 is 34.4 Å². The van der Waals surface area contributed by atoms with Crippen LogP contribution in [0.1, 0.15) is 33.4 Å². The Balaban J connectivity index is 1.81. The van der Waals surface area contributed by atoms with Crippen LogP contribution in [-0.4, -0.2) is 0 Å². The first kappa shape index (κ1) is 26.2. The molecule has 0 aliphatic heterocycles. The van der Waals surface area contributed by atoms with Gasteiger partial charge in [0.15, 0.2) is 0 Å². The standard InChI is InChI=1S/C31H10F4N6/c32-26-3-14(4-27(33)24(26)11-38)18-7-22-20(1-16(18)9-36)21-2-17(10-37)19(8-23(21)31(22)30(41)13-40)15-5-28(34)25(12-39)29(35)6-15/h1-8H,41H2. The van der Waals surface area contributed by atoms with E-state index >= 15 is 0 Å². The molecular formula is C31H10F4N6. The fraction of sp³-hybridized carbons (Fsp3) is 0. The largest absolute Gasteiger partial charge is 0.390 e. The predicted molar refractivity (Wildman–Crippen MR) is 137 cm³/mol. The number of nitrogens with zero attached hydrogens (tertiary/aromatic N) is 5. The van der Waals surface area contributed by atoms with E-state index in [1.54, 1.807) is 0 Å². The molecule has 1 aliphatic rings. The molecule has 1 aliphatic carbocycles. The number of nitrogens with two attached hydrogens (primary N) is 1. The minimum atomic E-state index is -1.13. The lowest BCUT2D eigenvalue weighted by atomic mass is 9.92. The summed E-state index contributed by atoms with van der Waals surface area (Å²) in [6.45, 7) is 0. The summed E-state index contributed by atoms with van der Waals surface area (Å²) in [5, 5.41) is 47.5. The second-order valence-electron chi connectivity index (χ2n) is 8.86. The zero-order valence-corrected chi connectivity index (χ0v) is 20.4. The first-order valence-electron chi connectivity index (χ1n) is 11.5. The molecular weight excluding hydrogens is 532 g/mol. The highest BCUT2D eigenvalue weighted by Gasteiger charge is 2.30. The van der Waals surface area contributed by atoms with Crippen molar-refractivity contribution >= 4 is 5.57 Å². The maximum absolute atomic E-state index is 14.5. The van der Waals surface area contributed by atoms with Crippen LogP contribution in [0, 0.1) is 79.9 Å². The Hall–Kier alpha value is -6.41. The van der Waals surface area contributed by atoms with Gasteiger partial charge in [-0.05, 0) is 81.9 Å². The molecule has 0 aromatic heterocycles. The van der Waals surface area contributed by atoms with Crippen molar-refractivity contribution in [3.05, 3.63) is 111 Å². The number of rotatable bonds is 2. The smallest absolute Gasteiger partial charge is 0.144 e. The van der Waals surface area contributed by atoms with Gasteiger partial charge in [0.1, 0.15) is 58.3 Å². The molecule has 0 amide bonds. The number of fused-ring (bicyclic) bond motifs is 3. The van der Waals surface area contributed by atoms with Crippen molar-refractivity contribution in [2.24, 2.45) is 5.73 Å². The highest BCUT2D eigenvalue weighted by molar-refractivity contribution is 6.06. The molecule has 0 radical (unpaired) electrons. The van der Waals surface area contributed by atoms with E-state index in [9.17, 15) is 33.3 Å². The fourth-order valence-corrected chi connectivity index (χ4v) is 4.88. The molecule has 2 N–H and O–H groups in total. The van der Waals surface area contributed by atoms with E-state index in [2.05, 4.69) is 0 Å². The monoisotopic (exact) mass is 542 g/mol. The third-order valence-corrected chi connectivity index (χ3v) is 6.70. The summed E-state index contributed by atoms with van der Waals surface area (Å²) < 4.78 is 57.8. The van der Waals surface area contributed by atoms with Gasteiger partial charge >= 0.3 is 0 Å². The summed E-state index contributed by atoms with van der Waals surface area (Å²) in [6.07, 6.45) is 0. The van der Waals surface area contributed by atoms with Crippen LogP contribution in [0.2, 0.25) is 0 Å². The van der Waals surface area contributed by atoms with Crippen molar-refractivity contribution in [2.45, 2.75) is 0 Å². The Bertz CT molecular complexity index is 1930. The van der Waals surface area contributed by atoms with E-state index in [0.717, 1.165) is 24.3 Å².